The number of hydrogen-bond acceptors (Lipinski definition) is 3. The summed E-state index contributed by atoms with van der Waals surface area (Å²) in [5, 5.41) is 0. The summed E-state index contributed by atoms with van der Waals surface area (Å²) in [4.78, 5) is 2.66. The molecule has 118 valence electrons. The van der Waals surface area contributed by atoms with Crippen LogP contribution in [-0.2, 0) is 6.42 Å². The van der Waals surface area contributed by atoms with Crippen molar-refractivity contribution in [1.82, 2.24) is 4.90 Å². The van der Waals surface area contributed by atoms with Gasteiger partial charge in [-0.1, -0.05) is 18.6 Å². The molecule has 0 aliphatic carbocycles. The van der Waals surface area contributed by atoms with Crippen LogP contribution in [0.5, 0.6) is 5.75 Å². The first-order chi connectivity index (χ1) is 10.2. The number of nitrogens with zero attached hydrogens (tertiary/aromatic N) is 1. The maximum Gasteiger partial charge on any atom is 0.118 e. The van der Waals surface area contributed by atoms with Crippen LogP contribution in [0.1, 0.15) is 45.1 Å². The zero-order valence-corrected chi connectivity index (χ0v) is 13.7. The number of aryl methyl sites for hydroxylation is 1. The van der Waals surface area contributed by atoms with E-state index in [1.54, 1.807) is 7.11 Å². The second kappa shape index (κ2) is 7.81. The van der Waals surface area contributed by atoms with Crippen molar-refractivity contribution in [3.8, 4) is 5.75 Å². The van der Waals surface area contributed by atoms with E-state index in [1.165, 1.54) is 31.2 Å². The zero-order valence-electron chi connectivity index (χ0n) is 13.7. The van der Waals surface area contributed by atoms with Gasteiger partial charge in [-0.15, -0.1) is 0 Å². The molecule has 21 heavy (non-hydrogen) atoms. The standard InChI is InChI=1S/C18H30N2O/c1-14-5-4-6-17(13-19)20(14)15(2)7-8-16-9-11-18(21-3)12-10-16/h9-12,14-15,17H,4-8,13,19H2,1-3H3. The number of ether oxygens (including phenoxy) is 1. The summed E-state index contributed by atoms with van der Waals surface area (Å²) in [6.07, 6.45) is 6.20. The van der Waals surface area contributed by atoms with Crippen molar-refractivity contribution in [1.29, 1.82) is 0 Å². The Labute approximate surface area is 129 Å². The summed E-state index contributed by atoms with van der Waals surface area (Å²) >= 11 is 0. The molecule has 3 unspecified atom stereocenters. The molecule has 3 heteroatoms. The fourth-order valence-electron chi connectivity index (χ4n) is 3.66. The molecule has 3 nitrogen and oxygen atoms in total. The van der Waals surface area contributed by atoms with Crippen molar-refractivity contribution in [2.45, 2.75) is 64.1 Å². The molecule has 1 aromatic rings. The second-order valence-electron chi connectivity index (χ2n) is 6.35. The van der Waals surface area contributed by atoms with Crippen LogP contribution in [0, 0.1) is 0 Å². The van der Waals surface area contributed by atoms with Gasteiger partial charge in [-0.25, -0.2) is 0 Å². The summed E-state index contributed by atoms with van der Waals surface area (Å²) in [5.74, 6) is 0.930. The summed E-state index contributed by atoms with van der Waals surface area (Å²) in [7, 11) is 1.71. The van der Waals surface area contributed by atoms with Crippen LogP contribution in [0.25, 0.3) is 0 Å². The lowest BCUT2D eigenvalue weighted by Gasteiger charge is -2.44. The normalized spacial score (nSPS) is 24.8. The fraction of sp³-hybridized carbons (Fsp3) is 0.667. The van der Waals surface area contributed by atoms with Crippen LogP contribution >= 0.6 is 0 Å². The Morgan fingerprint density at radius 2 is 2.00 bits per heavy atom. The Morgan fingerprint density at radius 3 is 2.62 bits per heavy atom. The topological polar surface area (TPSA) is 38.5 Å². The van der Waals surface area contributed by atoms with E-state index < -0.39 is 0 Å². The minimum atomic E-state index is 0.569. The second-order valence-corrected chi connectivity index (χ2v) is 6.35. The van der Waals surface area contributed by atoms with Crippen molar-refractivity contribution in [3.05, 3.63) is 29.8 Å². The fourth-order valence-corrected chi connectivity index (χ4v) is 3.66. The molecule has 0 aromatic heterocycles. The van der Waals surface area contributed by atoms with Crippen molar-refractivity contribution < 1.29 is 4.74 Å². The van der Waals surface area contributed by atoms with Gasteiger partial charge in [0, 0.05) is 24.7 Å². The van der Waals surface area contributed by atoms with Gasteiger partial charge in [-0.2, -0.15) is 0 Å². The molecule has 0 saturated carbocycles. The Bertz CT molecular complexity index is 418. The third-order valence-corrected chi connectivity index (χ3v) is 4.88. The van der Waals surface area contributed by atoms with Gasteiger partial charge in [0.2, 0.25) is 0 Å². The van der Waals surface area contributed by atoms with E-state index in [-0.39, 0.29) is 0 Å². The van der Waals surface area contributed by atoms with Crippen LogP contribution in [-0.4, -0.2) is 36.7 Å². The molecule has 1 fully saturated rings. The van der Waals surface area contributed by atoms with Crippen LogP contribution in [0.2, 0.25) is 0 Å². The Hall–Kier alpha value is -1.06. The van der Waals surface area contributed by atoms with Gasteiger partial charge in [0.1, 0.15) is 5.75 Å². The van der Waals surface area contributed by atoms with Gasteiger partial charge in [-0.05, 0) is 57.2 Å². The number of nitrogens with two attached hydrogens (primary N) is 1. The lowest BCUT2D eigenvalue weighted by molar-refractivity contribution is 0.0539. The van der Waals surface area contributed by atoms with Crippen molar-refractivity contribution >= 4 is 0 Å². The molecule has 3 atom stereocenters. The number of rotatable bonds is 6. The van der Waals surface area contributed by atoms with Crippen molar-refractivity contribution in [2.24, 2.45) is 5.73 Å². The molecule has 0 radical (unpaired) electrons. The van der Waals surface area contributed by atoms with Gasteiger partial charge >= 0.3 is 0 Å². The molecule has 1 heterocycles. The maximum atomic E-state index is 5.98. The molecule has 1 saturated heterocycles. The third-order valence-electron chi connectivity index (χ3n) is 4.88. The monoisotopic (exact) mass is 290 g/mol. The SMILES string of the molecule is COc1ccc(CCC(C)N2C(C)CCCC2CN)cc1. The summed E-state index contributed by atoms with van der Waals surface area (Å²) in [5.41, 5.74) is 7.36. The molecular formula is C18H30N2O. The van der Waals surface area contributed by atoms with Crippen LogP contribution in [0.15, 0.2) is 24.3 Å². The Kier molecular flexibility index (Phi) is 6.07. The number of likely N-dealkylation sites (tertiary alicyclic amines) is 1. The van der Waals surface area contributed by atoms with Crippen LogP contribution in [0.4, 0.5) is 0 Å². The number of benzene rings is 1. The van der Waals surface area contributed by atoms with E-state index in [0.717, 1.165) is 18.7 Å². The van der Waals surface area contributed by atoms with E-state index in [4.69, 9.17) is 10.5 Å². The van der Waals surface area contributed by atoms with Gasteiger partial charge in [-0.3, -0.25) is 4.90 Å². The van der Waals surface area contributed by atoms with Crippen molar-refractivity contribution in [3.63, 3.8) is 0 Å². The highest BCUT2D eigenvalue weighted by Gasteiger charge is 2.30. The van der Waals surface area contributed by atoms with E-state index in [2.05, 4.69) is 30.9 Å². The van der Waals surface area contributed by atoms with Gasteiger partial charge in [0.25, 0.3) is 0 Å². The van der Waals surface area contributed by atoms with E-state index >= 15 is 0 Å². The Balaban J connectivity index is 1.91. The minimum absolute atomic E-state index is 0.569. The maximum absolute atomic E-state index is 5.98. The van der Waals surface area contributed by atoms with E-state index in [1.807, 2.05) is 12.1 Å². The number of piperidine rings is 1. The van der Waals surface area contributed by atoms with Crippen molar-refractivity contribution in [2.75, 3.05) is 13.7 Å². The highest BCUT2D eigenvalue weighted by Crippen LogP contribution is 2.26. The van der Waals surface area contributed by atoms with E-state index in [9.17, 15) is 0 Å². The molecule has 0 bridgehead atoms. The summed E-state index contributed by atoms with van der Waals surface area (Å²) in [6.45, 7) is 5.50. The molecule has 2 N–H and O–H groups in total. The molecule has 1 aliphatic heterocycles. The van der Waals surface area contributed by atoms with Gasteiger partial charge in [0.15, 0.2) is 0 Å². The largest absolute Gasteiger partial charge is 0.497 e. The number of methoxy groups -OCH3 is 1. The highest BCUT2D eigenvalue weighted by molar-refractivity contribution is 5.27. The molecule has 1 aliphatic rings. The summed E-state index contributed by atoms with van der Waals surface area (Å²) < 4.78 is 5.21. The van der Waals surface area contributed by atoms with Gasteiger partial charge < -0.3 is 10.5 Å². The lowest BCUT2D eigenvalue weighted by atomic mass is 9.93. The molecule has 1 aromatic carbocycles. The third kappa shape index (κ3) is 4.21. The quantitative estimate of drug-likeness (QED) is 0.874. The zero-order chi connectivity index (χ0) is 15.2. The van der Waals surface area contributed by atoms with Crippen LogP contribution in [0.3, 0.4) is 0 Å². The van der Waals surface area contributed by atoms with E-state index in [0.29, 0.717) is 18.1 Å². The predicted octanol–water partition coefficient (Wildman–Crippen LogP) is 3.22. The Morgan fingerprint density at radius 1 is 1.29 bits per heavy atom. The highest BCUT2D eigenvalue weighted by atomic mass is 16.5. The predicted molar refractivity (Wildman–Crippen MR) is 88.8 cm³/mol. The first kappa shape index (κ1) is 16.3. The average Bonchev–Trinajstić information content (AvgIpc) is 2.52. The lowest BCUT2D eigenvalue weighted by Crippen LogP contribution is -2.52. The average molecular weight is 290 g/mol. The number of hydrogen-bond donors (Lipinski definition) is 1. The molecule has 0 amide bonds. The molecular weight excluding hydrogens is 260 g/mol. The minimum Gasteiger partial charge on any atom is -0.497 e. The first-order valence-corrected chi connectivity index (χ1v) is 8.26. The van der Waals surface area contributed by atoms with Crippen LogP contribution < -0.4 is 10.5 Å². The smallest absolute Gasteiger partial charge is 0.118 e. The molecule has 2 rings (SSSR count). The summed E-state index contributed by atoms with van der Waals surface area (Å²) in [6, 6.07) is 10.3. The van der Waals surface area contributed by atoms with Gasteiger partial charge in [0.05, 0.1) is 7.11 Å². The molecule has 0 spiro atoms. The first-order valence-electron chi connectivity index (χ1n) is 8.26.